The van der Waals surface area contributed by atoms with E-state index in [-0.39, 0.29) is 30.1 Å². The Morgan fingerprint density at radius 1 is 1.72 bits per heavy atom. The van der Waals surface area contributed by atoms with Gasteiger partial charge in [-0.25, -0.2) is 4.99 Å². The van der Waals surface area contributed by atoms with Gasteiger partial charge in [0.1, 0.15) is 0 Å². The number of aryl methyl sites for hydroxylation is 1. The first kappa shape index (κ1) is 15.2. The van der Waals surface area contributed by atoms with Crippen molar-refractivity contribution in [1.82, 2.24) is 15.1 Å². The Bertz CT molecular complexity index is 387. The number of hydrogen-bond acceptors (Lipinski definition) is 3. The van der Waals surface area contributed by atoms with Crippen LogP contribution in [0.3, 0.4) is 0 Å². The van der Waals surface area contributed by atoms with Gasteiger partial charge in [0.15, 0.2) is 5.96 Å². The quantitative estimate of drug-likeness (QED) is 0.466. The highest BCUT2D eigenvalue weighted by atomic mass is 127. The third kappa shape index (κ3) is 4.45. The number of ether oxygens (including phenoxy) is 1. The van der Waals surface area contributed by atoms with Crippen LogP contribution in [0.15, 0.2) is 17.3 Å². The van der Waals surface area contributed by atoms with E-state index >= 15 is 0 Å². The van der Waals surface area contributed by atoms with E-state index in [0.717, 1.165) is 31.7 Å². The minimum absolute atomic E-state index is 0. The predicted octanol–water partition coefficient (Wildman–Crippen LogP) is 0.621. The molecular formula is C11H20IN5O. The van der Waals surface area contributed by atoms with Gasteiger partial charge in [-0.2, -0.15) is 5.10 Å². The Balaban J connectivity index is 0.00000162. The van der Waals surface area contributed by atoms with Gasteiger partial charge < -0.3 is 15.8 Å². The molecular weight excluding hydrogens is 345 g/mol. The summed E-state index contributed by atoms with van der Waals surface area (Å²) in [6.07, 6.45) is 4.27. The minimum Gasteiger partial charge on any atom is -0.376 e. The summed E-state index contributed by atoms with van der Waals surface area (Å²) < 4.78 is 7.27. The van der Waals surface area contributed by atoms with E-state index in [1.54, 1.807) is 10.9 Å². The fourth-order valence-electron chi connectivity index (χ4n) is 1.80. The topological polar surface area (TPSA) is 77.5 Å². The molecule has 2 rings (SSSR count). The molecule has 0 radical (unpaired) electrons. The Labute approximate surface area is 124 Å². The zero-order valence-corrected chi connectivity index (χ0v) is 12.8. The SMILES string of the molecule is Cn1nccc1CN=C(N)NCC1CCCO1.I. The van der Waals surface area contributed by atoms with Crippen molar-refractivity contribution < 1.29 is 4.74 Å². The fourth-order valence-corrected chi connectivity index (χ4v) is 1.80. The molecule has 1 aliphatic rings. The summed E-state index contributed by atoms with van der Waals surface area (Å²) in [4.78, 5) is 4.26. The average Bonchev–Trinajstić information content (AvgIpc) is 2.95. The van der Waals surface area contributed by atoms with Gasteiger partial charge in [0.2, 0.25) is 0 Å². The minimum atomic E-state index is 0. The lowest BCUT2D eigenvalue weighted by atomic mass is 10.2. The number of aromatic nitrogens is 2. The van der Waals surface area contributed by atoms with Crippen LogP contribution in [0.25, 0.3) is 0 Å². The standard InChI is InChI=1S/C11H19N5O.HI/c1-16-9(4-5-15-16)7-13-11(12)14-8-10-3-2-6-17-10;/h4-5,10H,2-3,6-8H2,1H3,(H3,12,13,14);1H. The van der Waals surface area contributed by atoms with Crippen molar-refractivity contribution in [3.63, 3.8) is 0 Å². The molecule has 0 saturated carbocycles. The van der Waals surface area contributed by atoms with Crippen LogP contribution < -0.4 is 11.1 Å². The molecule has 1 aliphatic heterocycles. The third-order valence-corrected chi connectivity index (χ3v) is 2.87. The Morgan fingerprint density at radius 2 is 2.56 bits per heavy atom. The average molecular weight is 365 g/mol. The van der Waals surface area contributed by atoms with E-state index in [0.29, 0.717) is 12.5 Å². The van der Waals surface area contributed by atoms with E-state index in [4.69, 9.17) is 10.5 Å². The van der Waals surface area contributed by atoms with Crippen LogP contribution in [-0.4, -0.2) is 35.0 Å². The van der Waals surface area contributed by atoms with Crippen LogP contribution >= 0.6 is 24.0 Å². The number of hydrogen-bond donors (Lipinski definition) is 2. The highest BCUT2D eigenvalue weighted by Crippen LogP contribution is 2.10. The van der Waals surface area contributed by atoms with E-state index in [1.807, 2.05) is 13.1 Å². The molecule has 1 fully saturated rings. The van der Waals surface area contributed by atoms with Crippen molar-refractivity contribution in [2.45, 2.75) is 25.5 Å². The maximum Gasteiger partial charge on any atom is 0.189 e. The first-order valence-corrected chi connectivity index (χ1v) is 5.88. The molecule has 3 N–H and O–H groups in total. The molecule has 0 amide bonds. The third-order valence-electron chi connectivity index (χ3n) is 2.87. The first-order chi connectivity index (χ1) is 8.25. The van der Waals surface area contributed by atoms with Crippen LogP contribution in [0.2, 0.25) is 0 Å². The van der Waals surface area contributed by atoms with Crippen LogP contribution in [0, 0.1) is 0 Å². The molecule has 1 aromatic rings. The lowest BCUT2D eigenvalue weighted by Crippen LogP contribution is -2.37. The Kier molecular flexibility index (Phi) is 6.41. The molecule has 0 spiro atoms. The number of guanidine groups is 1. The van der Waals surface area contributed by atoms with Crippen molar-refractivity contribution in [3.8, 4) is 0 Å². The molecule has 102 valence electrons. The van der Waals surface area contributed by atoms with E-state index in [2.05, 4.69) is 15.4 Å². The molecule has 1 aromatic heterocycles. The lowest BCUT2D eigenvalue weighted by molar-refractivity contribution is 0.114. The summed E-state index contributed by atoms with van der Waals surface area (Å²) in [5.41, 5.74) is 6.81. The zero-order chi connectivity index (χ0) is 12.1. The lowest BCUT2D eigenvalue weighted by Gasteiger charge is -2.10. The van der Waals surface area contributed by atoms with E-state index < -0.39 is 0 Å². The molecule has 2 heterocycles. The highest BCUT2D eigenvalue weighted by molar-refractivity contribution is 14.0. The summed E-state index contributed by atoms with van der Waals surface area (Å²) in [6, 6.07) is 1.93. The van der Waals surface area contributed by atoms with Crippen LogP contribution in [0.1, 0.15) is 18.5 Å². The van der Waals surface area contributed by atoms with Gasteiger partial charge in [0.05, 0.1) is 18.3 Å². The number of rotatable bonds is 4. The predicted molar refractivity (Wildman–Crippen MR) is 80.9 cm³/mol. The maximum absolute atomic E-state index is 5.77. The van der Waals surface area contributed by atoms with Gasteiger partial charge in [-0.3, -0.25) is 4.68 Å². The number of halogens is 1. The number of nitrogens with zero attached hydrogens (tertiary/aromatic N) is 3. The molecule has 1 saturated heterocycles. The summed E-state index contributed by atoms with van der Waals surface area (Å²) >= 11 is 0. The molecule has 7 heteroatoms. The second kappa shape index (κ2) is 7.57. The zero-order valence-electron chi connectivity index (χ0n) is 10.5. The fraction of sp³-hybridized carbons (Fsp3) is 0.636. The summed E-state index contributed by atoms with van der Waals surface area (Å²) in [5.74, 6) is 0.460. The highest BCUT2D eigenvalue weighted by Gasteiger charge is 2.14. The van der Waals surface area contributed by atoms with Crippen LogP contribution in [0.4, 0.5) is 0 Å². The molecule has 18 heavy (non-hydrogen) atoms. The van der Waals surface area contributed by atoms with Gasteiger partial charge in [-0.15, -0.1) is 24.0 Å². The van der Waals surface area contributed by atoms with E-state index in [9.17, 15) is 0 Å². The summed E-state index contributed by atoms with van der Waals surface area (Å²) in [7, 11) is 1.89. The molecule has 0 bridgehead atoms. The normalized spacial score (nSPS) is 19.6. The second-order valence-corrected chi connectivity index (χ2v) is 4.16. The Morgan fingerprint density at radius 3 is 3.17 bits per heavy atom. The summed E-state index contributed by atoms with van der Waals surface area (Å²) in [5, 5.41) is 7.15. The van der Waals surface area contributed by atoms with E-state index in [1.165, 1.54) is 0 Å². The molecule has 6 nitrogen and oxygen atoms in total. The van der Waals surface area contributed by atoms with Gasteiger partial charge in [-0.1, -0.05) is 0 Å². The van der Waals surface area contributed by atoms with Crippen LogP contribution in [0.5, 0.6) is 0 Å². The first-order valence-electron chi connectivity index (χ1n) is 5.88. The number of aliphatic imine (C=N–C) groups is 1. The number of nitrogens with one attached hydrogen (secondary N) is 1. The van der Waals surface area contributed by atoms with Gasteiger partial charge in [0, 0.05) is 26.4 Å². The van der Waals surface area contributed by atoms with Gasteiger partial charge >= 0.3 is 0 Å². The Hall–Kier alpha value is -0.830. The van der Waals surface area contributed by atoms with Crippen molar-refractivity contribution in [1.29, 1.82) is 0 Å². The largest absolute Gasteiger partial charge is 0.376 e. The molecule has 1 unspecified atom stereocenters. The smallest absolute Gasteiger partial charge is 0.189 e. The van der Waals surface area contributed by atoms with Crippen molar-refractivity contribution in [2.24, 2.45) is 17.8 Å². The number of nitrogens with two attached hydrogens (primary N) is 1. The van der Waals surface area contributed by atoms with Crippen molar-refractivity contribution >= 4 is 29.9 Å². The molecule has 0 aromatic carbocycles. The van der Waals surface area contributed by atoms with Crippen molar-refractivity contribution in [3.05, 3.63) is 18.0 Å². The van der Waals surface area contributed by atoms with Gasteiger partial charge in [0.25, 0.3) is 0 Å². The maximum atomic E-state index is 5.77. The van der Waals surface area contributed by atoms with Gasteiger partial charge in [-0.05, 0) is 18.9 Å². The monoisotopic (exact) mass is 365 g/mol. The van der Waals surface area contributed by atoms with Crippen LogP contribution in [-0.2, 0) is 18.3 Å². The second-order valence-electron chi connectivity index (χ2n) is 4.16. The summed E-state index contributed by atoms with van der Waals surface area (Å²) in [6.45, 7) is 2.14. The molecule has 0 aliphatic carbocycles. The molecule has 1 atom stereocenters. The van der Waals surface area contributed by atoms with Crippen molar-refractivity contribution in [2.75, 3.05) is 13.2 Å².